The van der Waals surface area contributed by atoms with E-state index in [-0.39, 0.29) is 25.5 Å². The van der Waals surface area contributed by atoms with Crippen molar-refractivity contribution in [3.63, 3.8) is 0 Å². The van der Waals surface area contributed by atoms with E-state index in [1.807, 2.05) is 44.2 Å². The molecule has 0 bridgehead atoms. The number of carbonyl (C=O) groups is 2. The molecule has 12 heteroatoms. The van der Waals surface area contributed by atoms with Gasteiger partial charge in [0, 0.05) is 28.7 Å². The summed E-state index contributed by atoms with van der Waals surface area (Å²) in [7, 11) is 6.09. The fourth-order valence-electron chi connectivity index (χ4n) is 6.26. The Labute approximate surface area is 280 Å². The van der Waals surface area contributed by atoms with Crippen LogP contribution in [0.5, 0.6) is 34.5 Å². The summed E-state index contributed by atoms with van der Waals surface area (Å²) in [6.45, 7) is 7.21. The third kappa shape index (κ3) is 6.40. The van der Waals surface area contributed by atoms with Crippen LogP contribution in [0.2, 0.25) is 0 Å². The van der Waals surface area contributed by atoms with Crippen LogP contribution in [0.15, 0.2) is 48.2 Å². The first kappa shape index (κ1) is 34.2. The van der Waals surface area contributed by atoms with Crippen LogP contribution in [0, 0.1) is 13.8 Å². The number of hydrogen-bond acceptors (Lipinski definition) is 10. The highest BCUT2D eigenvalue weighted by molar-refractivity contribution is 5.91. The first-order valence-electron chi connectivity index (χ1n) is 15.5. The summed E-state index contributed by atoms with van der Waals surface area (Å²) >= 11 is 0. The third-order valence-electron chi connectivity index (χ3n) is 8.38. The molecule has 0 aliphatic carbocycles. The lowest BCUT2D eigenvalue weighted by Gasteiger charge is -2.45. The van der Waals surface area contributed by atoms with Gasteiger partial charge in [-0.15, -0.1) is 0 Å². The number of fused-ring (bicyclic) bond motifs is 1. The van der Waals surface area contributed by atoms with E-state index in [0.29, 0.717) is 56.8 Å². The molecular weight excluding hydrogens is 620 g/mol. The molecule has 1 saturated heterocycles. The predicted octanol–water partition coefficient (Wildman–Crippen LogP) is 5.23. The number of aliphatic hydroxyl groups excluding tert-OH is 1. The highest BCUT2D eigenvalue weighted by Crippen LogP contribution is 2.45. The van der Waals surface area contributed by atoms with Crippen molar-refractivity contribution in [3.05, 3.63) is 76.0 Å². The number of aliphatic hydroxyl groups is 1. The topological polar surface area (TPSA) is 125 Å². The molecule has 0 spiro atoms. The maximum Gasteiger partial charge on any atom is 0.413 e. The minimum Gasteiger partial charge on any atom is -0.496 e. The molecule has 2 aliphatic heterocycles. The zero-order chi connectivity index (χ0) is 34.7. The third-order valence-corrected chi connectivity index (χ3v) is 8.38. The van der Waals surface area contributed by atoms with Crippen LogP contribution in [-0.4, -0.2) is 80.5 Å². The molecular formula is C36H42N2O10. The van der Waals surface area contributed by atoms with Crippen LogP contribution >= 0.6 is 0 Å². The molecule has 5 rings (SSSR count). The summed E-state index contributed by atoms with van der Waals surface area (Å²) in [6.07, 6.45) is -1.38. The van der Waals surface area contributed by atoms with E-state index in [1.54, 1.807) is 32.1 Å². The van der Waals surface area contributed by atoms with Crippen molar-refractivity contribution in [1.29, 1.82) is 0 Å². The highest BCUT2D eigenvalue weighted by Gasteiger charge is 2.47. The molecule has 2 atom stereocenters. The van der Waals surface area contributed by atoms with Crippen molar-refractivity contribution in [2.45, 2.75) is 59.0 Å². The van der Waals surface area contributed by atoms with E-state index >= 15 is 0 Å². The Morgan fingerprint density at radius 2 is 1.65 bits per heavy atom. The van der Waals surface area contributed by atoms with Gasteiger partial charge < -0.3 is 43.2 Å². The SMILES string of the molecule is COc1cc(CC2C(=O)N(Cc3ccccc3)/C(=C\c3cc4c(c(C)c3OC)OCO4)C(O)N2C(=O)OC(C)C)c(OC)c(C)c1OC. The number of benzene rings is 3. The fraction of sp³-hybridized carbons (Fsp3) is 0.389. The van der Waals surface area contributed by atoms with Crippen LogP contribution in [-0.2, 0) is 22.5 Å². The Morgan fingerprint density at radius 3 is 2.27 bits per heavy atom. The molecule has 2 aliphatic rings. The number of methoxy groups -OCH3 is 4. The van der Waals surface area contributed by atoms with E-state index in [2.05, 4.69) is 0 Å². The van der Waals surface area contributed by atoms with Crippen molar-refractivity contribution in [3.8, 4) is 34.5 Å². The summed E-state index contributed by atoms with van der Waals surface area (Å²) in [5.41, 5.74) is 3.40. The van der Waals surface area contributed by atoms with E-state index in [1.165, 1.54) is 33.3 Å². The van der Waals surface area contributed by atoms with Crippen molar-refractivity contribution < 1.29 is 47.9 Å². The van der Waals surface area contributed by atoms with Crippen LogP contribution in [0.3, 0.4) is 0 Å². The molecule has 256 valence electrons. The number of piperazine rings is 1. The van der Waals surface area contributed by atoms with Gasteiger partial charge in [0.2, 0.25) is 6.79 Å². The van der Waals surface area contributed by atoms with Crippen molar-refractivity contribution in [2.24, 2.45) is 0 Å². The lowest BCUT2D eigenvalue weighted by molar-refractivity contribution is -0.148. The number of ether oxygens (including phenoxy) is 7. The minimum absolute atomic E-state index is 0.0293. The second kappa shape index (κ2) is 14.3. The molecule has 0 aromatic heterocycles. The first-order chi connectivity index (χ1) is 23.0. The number of carbonyl (C=O) groups excluding carboxylic acids is 2. The van der Waals surface area contributed by atoms with Crippen LogP contribution in [0.25, 0.3) is 6.08 Å². The summed E-state index contributed by atoms with van der Waals surface area (Å²) in [4.78, 5) is 31.2. The molecule has 0 radical (unpaired) electrons. The fourth-order valence-corrected chi connectivity index (χ4v) is 6.26. The minimum atomic E-state index is -1.61. The summed E-state index contributed by atoms with van der Waals surface area (Å²) in [6, 6.07) is 11.6. The molecule has 12 nitrogen and oxygen atoms in total. The van der Waals surface area contributed by atoms with Gasteiger partial charge in [-0.3, -0.25) is 9.69 Å². The molecule has 3 aromatic rings. The van der Waals surface area contributed by atoms with Gasteiger partial charge in [-0.1, -0.05) is 30.3 Å². The molecule has 3 aromatic carbocycles. The maximum atomic E-state index is 14.8. The van der Waals surface area contributed by atoms with Crippen molar-refractivity contribution >= 4 is 18.1 Å². The molecule has 2 heterocycles. The Morgan fingerprint density at radius 1 is 0.958 bits per heavy atom. The zero-order valence-electron chi connectivity index (χ0n) is 28.5. The van der Waals surface area contributed by atoms with Crippen LogP contribution < -0.4 is 28.4 Å². The molecule has 1 fully saturated rings. The van der Waals surface area contributed by atoms with E-state index in [9.17, 15) is 14.7 Å². The lowest BCUT2D eigenvalue weighted by atomic mass is 9.95. The zero-order valence-corrected chi connectivity index (χ0v) is 28.5. The largest absolute Gasteiger partial charge is 0.496 e. The van der Waals surface area contributed by atoms with Crippen molar-refractivity contribution in [2.75, 3.05) is 35.2 Å². The lowest BCUT2D eigenvalue weighted by Crippen LogP contribution is -2.63. The second-order valence-corrected chi connectivity index (χ2v) is 11.7. The summed E-state index contributed by atoms with van der Waals surface area (Å²) in [5.74, 6) is 2.44. The van der Waals surface area contributed by atoms with Gasteiger partial charge in [-0.05, 0) is 51.5 Å². The van der Waals surface area contributed by atoms with Gasteiger partial charge in [-0.2, -0.15) is 0 Å². The Hall–Kier alpha value is -5.10. The van der Waals surface area contributed by atoms with E-state index in [4.69, 9.17) is 33.2 Å². The summed E-state index contributed by atoms with van der Waals surface area (Å²) < 4.78 is 39.6. The average molecular weight is 663 g/mol. The number of amides is 2. The van der Waals surface area contributed by atoms with Crippen LogP contribution in [0.4, 0.5) is 4.79 Å². The molecule has 1 N–H and O–H groups in total. The monoisotopic (exact) mass is 662 g/mol. The van der Waals surface area contributed by atoms with Gasteiger partial charge in [0.25, 0.3) is 5.91 Å². The van der Waals surface area contributed by atoms with Gasteiger partial charge in [0.15, 0.2) is 29.2 Å². The number of rotatable bonds is 10. The summed E-state index contributed by atoms with van der Waals surface area (Å²) in [5, 5.41) is 12.2. The molecule has 0 saturated carbocycles. The quantitative estimate of drug-likeness (QED) is 0.309. The standard InChI is InChI=1S/C36H42N2O10/c1-20(2)48-36(41)38-27(15-25-16-28(42-5)32(45-8)21(3)30(25)43-6)34(39)37(18-23-12-10-9-11-13-23)26(35(38)40)14-24-17-29-33(47-19-46-29)22(4)31(24)44-7/h9-14,16-17,20,27,35,40H,15,18-19H2,1-8H3/b26-14-. The van der Waals surface area contributed by atoms with Gasteiger partial charge in [-0.25, -0.2) is 4.79 Å². The van der Waals surface area contributed by atoms with Gasteiger partial charge >= 0.3 is 6.09 Å². The highest BCUT2D eigenvalue weighted by atomic mass is 16.7. The van der Waals surface area contributed by atoms with Crippen LogP contribution in [0.1, 0.15) is 41.7 Å². The average Bonchev–Trinajstić information content (AvgIpc) is 3.54. The normalized spacial score (nSPS) is 18.0. The van der Waals surface area contributed by atoms with E-state index < -0.39 is 30.4 Å². The Kier molecular flexibility index (Phi) is 10.2. The van der Waals surface area contributed by atoms with E-state index in [0.717, 1.165) is 10.5 Å². The smallest absolute Gasteiger partial charge is 0.413 e. The Balaban J connectivity index is 1.69. The van der Waals surface area contributed by atoms with Crippen molar-refractivity contribution in [1.82, 2.24) is 9.80 Å². The molecule has 48 heavy (non-hydrogen) atoms. The number of hydrogen-bond donors (Lipinski definition) is 1. The van der Waals surface area contributed by atoms with Gasteiger partial charge in [0.1, 0.15) is 17.5 Å². The maximum absolute atomic E-state index is 14.8. The molecule has 2 amide bonds. The molecule has 2 unspecified atom stereocenters. The predicted molar refractivity (Wildman–Crippen MR) is 177 cm³/mol. The first-order valence-corrected chi connectivity index (χ1v) is 15.5. The van der Waals surface area contributed by atoms with Gasteiger partial charge in [0.05, 0.1) is 46.8 Å². The second-order valence-electron chi connectivity index (χ2n) is 11.7. The number of nitrogens with zero attached hydrogens (tertiary/aromatic N) is 2. The Bertz CT molecular complexity index is 1710.